The molecule has 0 aliphatic heterocycles. The average molecular weight is 302 g/mol. The lowest BCUT2D eigenvalue weighted by Crippen LogP contribution is -2.35. The fourth-order valence-corrected chi connectivity index (χ4v) is 3.20. The Hall–Kier alpha value is -1.35. The summed E-state index contributed by atoms with van der Waals surface area (Å²) >= 11 is 0. The van der Waals surface area contributed by atoms with Gasteiger partial charge in [-0.3, -0.25) is 4.79 Å². The second-order valence-corrected chi connectivity index (χ2v) is 6.29. The second-order valence-electron chi connectivity index (χ2n) is 6.29. The standard InChI is InChI=1S/C19H30N2O/c1-2-21(16-17-10-6-5-7-11-17)19(22)14-15-20-18-12-8-3-4-9-13-18/h5-7,10-11,18,20H,2-4,8-9,12-16H2,1H3. The van der Waals surface area contributed by atoms with E-state index in [1.807, 2.05) is 23.1 Å². The number of nitrogens with one attached hydrogen (secondary N) is 1. The number of hydrogen-bond donors (Lipinski definition) is 1. The number of carbonyl (C=O) groups excluding carboxylic acids is 1. The molecule has 3 heteroatoms. The summed E-state index contributed by atoms with van der Waals surface area (Å²) in [5, 5.41) is 3.59. The maximum atomic E-state index is 12.4. The number of carbonyl (C=O) groups is 1. The third-order valence-electron chi connectivity index (χ3n) is 4.58. The molecule has 2 rings (SSSR count). The summed E-state index contributed by atoms with van der Waals surface area (Å²) in [5.74, 6) is 0.257. The third-order valence-corrected chi connectivity index (χ3v) is 4.58. The molecule has 0 heterocycles. The lowest BCUT2D eigenvalue weighted by Gasteiger charge is -2.22. The average Bonchev–Trinajstić information content (AvgIpc) is 2.82. The van der Waals surface area contributed by atoms with Crippen molar-refractivity contribution in [2.75, 3.05) is 13.1 Å². The molecule has 122 valence electrons. The molecule has 1 aliphatic rings. The van der Waals surface area contributed by atoms with E-state index in [0.717, 1.165) is 19.6 Å². The molecule has 3 nitrogen and oxygen atoms in total. The molecular formula is C19H30N2O. The van der Waals surface area contributed by atoms with Gasteiger partial charge >= 0.3 is 0 Å². The lowest BCUT2D eigenvalue weighted by molar-refractivity contribution is -0.131. The number of amides is 1. The van der Waals surface area contributed by atoms with Gasteiger partial charge in [-0.05, 0) is 25.3 Å². The van der Waals surface area contributed by atoms with Crippen molar-refractivity contribution in [3.63, 3.8) is 0 Å². The monoisotopic (exact) mass is 302 g/mol. The number of hydrogen-bond acceptors (Lipinski definition) is 2. The molecule has 1 aliphatic carbocycles. The van der Waals surface area contributed by atoms with Gasteiger partial charge in [-0.1, -0.05) is 56.0 Å². The maximum absolute atomic E-state index is 12.4. The summed E-state index contributed by atoms with van der Waals surface area (Å²) < 4.78 is 0. The Morgan fingerprint density at radius 3 is 2.45 bits per heavy atom. The van der Waals surface area contributed by atoms with Crippen LogP contribution in [-0.4, -0.2) is 29.9 Å². The van der Waals surface area contributed by atoms with Gasteiger partial charge in [0.25, 0.3) is 0 Å². The van der Waals surface area contributed by atoms with E-state index in [1.165, 1.54) is 44.1 Å². The lowest BCUT2D eigenvalue weighted by atomic mass is 10.1. The normalized spacial score (nSPS) is 16.2. The van der Waals surface area contributed by atoms with Crippen LogP contribution >= 0.6 is 0 Å². The van der Waals surface area contributed by atoms with E-state index in [9.17, 15) is 4.79 Å². The molecule has 1 aromatic carbocycles. The highest BCUT2D eigenvalue weighted by Gasteiger charge is 2.14. The SMILES string of the molecule is CCN(Cc1ccccc1)C(=O)CCNC1CCCCCC1. The third kappa shape index (κ3) is 5.80. The van der Waals surface area contributed by atoms with Crippen molar-refractivity contribution in [2.45, 2.75) is 64.5 Å². The maximum Gasteiger partial charge on any atom is 0.224 e. The van der Waals surface area contributed by atoms with Crippen LogP contribution in [0.15, 0.2) is 30.3 Å². The van der Waals surface area contributed by atoms with E-state index in [-0.39, 0.29) is 5.91 Å². The van der Waals surface area contributed by atoms with Gasteiger partial charge < -0.3 is 10.2 Å². The first kappa shape index (κ1) is 17.0. The number of rotatable bonds is 7. The molecule has 1 N–H and O–H groups in total. The Bertz CT molecular complexity index is 424. The molecule has 0 aromatic heterocycles. The molecule has 1 fully saturated rings. The minimum absolute atomic E-state index is 0.257. The molecule has 1 saturated carbocycles. The molecular weight excluding hydrogens is 272 g/mol. The van der Waals surface area contributed by atoms with Crippen LogP contribution < -0.4 is 5.32 Å². The first-order valence-corrected chi connectivity index (χ1v) is 8.84. The summed E-state index contributed by atoms with van der Waals surface area (Å²) in [4.78, 5) is 14.3. The van der Waals surface area contributed by atoms with Crippen LogP contribution in [0.3, 0.4) is 0 Å². The van der Waals surface area contributed by atoms with Crippen molar-refractivity contribution in [1.82, 2.24) is 10.2 Å². The second kappa shape index (κ2) is 9.62. The fourth-order valence-electron chi connectivity index (χ4n) is 3.20. The van der Waals surface area contributed by atoms with Crippen LogP contribution in [0.1, 0.15) is 57.4 Å². The zero-order valence-corrected chi connectivity index (χ0v) is 13.9. The molecule has 0 atom stereocenters. The van der Waals surface area contributed by atoms with Crippen molar-refractivity contribution in [2.24, 2.45) is 0 Å². The smallest absolute Gasteiger partial charge is 0.224 e. The van der Waals surface area contributed by atoms with Gasteiger partial charge in [-0.2, -0.15) is 0 Å². The molecule has 1 aromatic rings. The van der Waals surface area contributed by atoms with Gasteiger partial charge in [-0.25, -0.2) is 0 Å². The quantitative estimate of drug-likeness (QED) is 0.778. The van der Waals surface area contributed by atoms with E-state index in [2.05, 4.69) is 24.4 Å². The van der Waals surface area contributed by atoms with E-state index in [1.54, 1.807) is 0 Å². The van der Waals surface area contributed by atoms with E-state index in [0.29, 0.717) is 12.5 Å². The van der Waals surface area contributed by atoms with Crippen molar-refractivity contribution < 1.29 is 4.79 Å². The summed E-state index contributed by atoms with van der Waals surface area (Å²) in [7, 11) is 0. The molecule has 0 bridgehead atoms. The van der Waals surface area contributed by atoms with Gasteiger partial charge in [0.15, 0.2) is 0 Å². The topological polar surface area (TPSA) is 32.3 Å². The molecule has 0 saturated heterocycles. The molecule has 1 amide bonds. The van der Waals surface area contributed by atoms with Crippen LogP contribution in [0.4, 0.5) is 0 Å². The van der Waals surface area contributed by atoms with Gasteiger partial charge in [0.1, 0.15) is 0 Å². The van der Waals surface area contributed by atoms with Crippen LogP contribution in [-0.2, 0) is 11.3 Å². The zero-order chi connectivity index (χ0) is 15.6. The predicted molar refractivity (Wildman–Crippen MR) is 91.6 cm³/mol. The Morgan fingerprint density at radius 1 is 1.14 bits per heavy atom. The van der Waals surface area contributed by atoms with E-state index >= 15 is 0 Å². The van der Waals surface area contributed by atoms with Crippen LogP contribution in [0, 0.1) is 0 Å². The van der Waals surface area contributed by atoms with Crippen molar-refractivity contribution in [3.05, 3.63) is 35.9 Å². The molecule has 0 radical (unpaired) electrons. The van der Waals surface area contributed by atoms with Crippen molar-refractivity contribution >= 4 is 5.91 Å². The fraction of sp³-hybridized carbons (Fsp3) is 0.632. The Labute approximate surface area is 135 Å². The highest BCUT2D eigenvalue weighted by Crippen LogP contribution is 2.17. The van der Waals surface area contributed by atoms with Crippen molar-refractivity contribution in [3.8, 4) is 0 Å². The minimum atomic E-state index is 0.257. The predicted octanol–water partition coefficient (Wildman–Crippen LogP) is 3.74. The highest BCUT2D eigenvalue weighted by atomic mass is 16.2. The Balaban J connectivity index is 1.72. The summed E-state index contributed by atoms with van der Waals surface area (Å²) in [5.41, 5.74) is 1.20. The molecule has 0 unspecified atom stereocenters. The van der Waals surface area contributed by atoms with Crippen LogP contribution in [0.2, 0.25) is 0 Å². The number of nitrogens with zero attached hydrogens (tertiary/aromatic N) is 1. The van der Waals surface area contributed by atoms with Gasteiger partial charge in [0, 0.05) is 32.1 Å². The summed E-state index contributed by atoms with van der Waals surface area (Å²) in [6.45, 7) is 4.37. The summed E-state index contributed by atoms with van der Waals surface area (Å²) in [6.07, 6.45) is 8.57. The largest absolute Gasteiger partial charge is 0.339 e. The Morgan fingerprint density at radius 2 is 1.82 bits per heavy atom. The van der Waals surface area contributed by atoms with Gasteiger partial charge in [0.2, 0.25) is 5.91 Å². The van der Waals surface area contributed by atoms with Crippen LogP contribution in [0.5, 0.6) is 0 Å². The Kier molecular flexibility index (Phi) is 7.44. The summed E-state index contributed by atoms with van der Waals surface area (Å²) in [6, 6.07) is 10.9. The first-order valence-electron chi connectivity index (χ1n) is 8.84. The van der Waals surface area contributed by atoms with E-state index < -0.39 is 0 Å². The molecule has 0 spiro atoms. The highest BCUT2D eigenvalue weighted by molar-refractivity contribution is 5.76. The van der Waals surface area contributed by atoms with Gasteiger partial charge in [0.05, 0.1) is 0 Å². The van der Waals surface area contributed by atoms with Gasteiger partial charge in [-0.15, -0.1) is 0 Å². The molecule has 22 heavy (non-hydrogen) atoms. The van der Waals surface area contributed by atoms with Crippen LogP contribution in [0.25, 0.3) is 0 Å². The number of benzene rings is 1. The van der Waals surface area contributed by atoms with Crippen molar-refractivity contribution in [1.29, 1.82) is 0 Å². The minimum Gasteiger partial charge on any atom is -0.339 e. The zero-order valence-electron chi connectivity index (χ0n) is 13.9. The first-order chi connectivity index (χ1) is 10.8. The van der Waals surface area contributed by atoms with E-state index in [4.69, 9.17) is 0 Å².